The van der Waals surface area contributed by atoms with Gasteiger partial charge in [0, 0.05) is 21.3 Å². The van der Waals surface area contributed by atoms with E-state index < -0.39 is 0 Å². The predicted molar refractivity (Wildman–Crippen MR) is 90.1 cm³/mol. The second kappa shape index (κ2) is 6.22. The average Bonchev–Trinajstić information content (AvgIpc) is 2.84. The Balaban J connectivity index is 1.88. The van der Waals surface area contributed by atoms with Crippen molar-refractivity contribution in [1.29, 1.82) is 0 Å². The van der Waals surface area contributed by atoms with Gasteiger partial charge in [0.05, 0.1) is 0 Å². The van der Waals surface area contributed by atoms with Gasteiger partial charge >= 0.3 is 0 Å². The number of hydrogen-bond donors (Lipinski definition) is 2. The summed E-state index contributed by atoms with van der Waals surface area (Å²) in [6.07, 6.45) is 1.57. The van der Waals surface area contributed by atoms with Gasteiger partial charge in [-0.15, -0.1) is 0 Å². The molecular formula is C16H11Cl2N3O. The van der Waals surface area contributed by atoms with Crippen molar-refractivity contribution in [3.8, 4) is 0 Å². The number of guanidine groups is 1. The first kappa shape index (κ1) is 14.6. The highest BCUT2D eigenvalue weighted by Gasteiger charge is 2.20. The molecule has 1 amide bonds. The van der Waals surface area contributed by atoms with E-state index in [1.807, 2.05) is 30.3 Å². The van der Waals surface area contributed by atoms with Crippen LogP contribution in [0.4, 0.5) is 5.69 Å². The highest BCUT2D eigenvalue weighted by Crippen LogP contribution is 2.27. The van der Waals surface area contributed by atoms with Crippen molar-refractivity contribution >= 4 is 46.8 Å². The maximum absolute atomic E-state index is 12.0. The number of halogens is 2. The standard InChI is InChI=1S/C16H11Cl2N3O/c17-12-7-4-8-13(18)11(12)9-14-15(22)21-16(20-14)19-10-5-2-1-3-6-10/h1-9H,(H2,19,20,21,22)/b14-9+. The van der Waals surface area contributed by atoms with Crippen LogP contribution in [0.2, 0.25) is 10.0 Å². The molecule has 22 heavy (non-hydrogen) atoms. The summed E-state index contributed by atoms with van der Waals surface area (Å²) >= 11 is 12.2. The number of nitrogens with one attached hydrogen (secondary N) is 2. The topological polar surface area (TPSA) is 53.5 Å². The van der Waals surface area contributed by atoms with Crippen molar-refractivity contribution in [3.05, 3.63) is 69.8 Å². The molecule has 4 nitrogen and oxygen atoms in total. The van der Waals surface area contributed by atoms with Gasteiger partial charge < -0.3 is 5.32 Å². The minimum Gasteiger partial charge on any atom is -0.326 e. The van der Waals surface area contributed by atoms with Crippen molar-refractivity contribution in [2.45, 2.75) is 0 Å². The van der Waals surface area contributed by atoms with E-state index in [0.29, 0.717) is 21.6 Å². The highest BCUT2D eigenvalue weighted by atomic mass is 35.5. The van der Waals surface area contributed by atoms with Crippen LogP contribution in [-0.4, -0.2) is 11.9 Å². The van der Waals surface area contributed by atoms with E-state index in [0.717, 1.165) is 5.69 Å². The minimum absolute atomic E-state index is 0.244. The van der Waals surface area contributed by atoms with Crippen LogP contribution in [0.25, 0.3) is 6.08 Å². The van der Waals surface area contributed by atoms with Gasteiger partial charge in [-0.2, -0.15) is 0 Å². The maximum Gasteiger partial charge on any atom is 0.276 e. The molecule has 2 aromatic carbocycles. The third kappa shape index (κ3) is 3.13. The molecule has 1 heterocycles. The zero-order chi connectivity index (χ0) is 15.5. The van der Waals surface area contributed by atoms with Crippen LogP contribution in [0, 0.1) is 0 Å². The Morgan fingerprint density at radius 3 is 2.36 bits per heavy atom. The molecule has 3 rings (SSSR count). The molecule has 0 atom stereocenters. The third-order valence-electron chi connectivity index (χ3n) is 3.01. The number of para-hydroxylation sites is 1. The molecule has 0 aliphatic carbocycles. The molecule has 6 heteroatoms. The Labute approximate surface area is 137 Å². The summed E-state index contributed by atoms with van der Waals surface area (Å²) in [5.41, 5.74) is 1.65. The number of carbonyl (C=O) groups excluding carboxylic acids is 1. The highest BCUT2D eigenvalue weighted by molar-refractivity contribution is 6.37. The molecule has 0 unspecified atom stereocenters. The summed E-state index contributed by atoms with van der Waals surface area (Å²) < 4.78 is 0. The molecular weight excluding hydrogens is 321 g/mol. The average molecular weight is 332 g/mol. The lowest BCUT2D eigenvalue weighted by molar-refractivity contribution is -0.115. The van der Waals surface area contributed by atoms with E-state index in [1.54, 1.807) is 24.3 Å². The fourth-order valence-corrected chi connectivity index (χ4v) is 2.48. The first-order valence-corrected chi connectivity index (χ1v) is 7.27. The number of anilines is 1. The van der Waals surface area contributed by atoms with Crippen LogP contribution in [-0.2, 0) is 4.79 Å². The molecule has 2 N–H and O–H groups in total. The fourth-order valence-electron chi connectivity index (χ4n) is 1.97. The van der Waals surface area contributed by atoms with Crippen LogP contribution in [0.1, 0.15) is 5.56 Å². The molecule has 0 saturated carbocycles. The molecule has 110 valence electrons. The van der Waals surface area contributed by atoms with Crippen LogP contribution < -0.4 is 10.6 Å². The van der Waals surface area contributed by atoms with Gasteiger partial charge in [0.15, 0.2) is 0 Å². The van der Waals surface area contributed by atoms with E-state index in [1.165, 1.54) is 0 Å². The van der Waals surface area contributed by atoms with E-state index in [9.17, 15) is 4.79 Å². The maximum atomic E-state index is 12.0. The fraction of sp³-hybridized carbons (Fsp3) is 0. The molecule has 2 aromatic rings. The second-order valence-electron chi connectivity index (χ2n) is 4.57. The number of hydrogen-bond acceptors (Lipinski definition) is 3. The van der Waals surface area contributed by atoms with Crippen molar-refractivity contribution in [2.75, 3.05) is 5.32 Å². The first-order valence-electron chi connectivity index (χ1n) is 6.51. The quantitative estimate of drug-likeness (QED) is 0.819. The molecule has 1 aliphatic rings. The van der Waals surface area contributed by atoms with Gasteiger partial charge in [-0.05, 0) is 30.3 Å². The lowest BCUT2D eigenvalue weighted by atomic mass is 10.2. The van der Waals surface area contributed by atoms with Crippen molar-refractivity contribution in [2.24, 2.45) is 4.99 Å². The Hall–Kier alpha value is -2.30. The van der Waals surface area contributed by atoms with Crippen LogP contribution in [0.3, 0.4) is 0 Å². The molecule has 0 aromatic heterocycles. The molecule has 0 bridgehead atoms. The van der Waals surface area contributed by atoms with Gasteiger partial charge in [-0.25, -0.2) is 4.99 Å². The normalized spacial score (nSPS) is 15.6. The summed E-state index contributed by atoms with van der Waals surface area (Å²) in [7, 11) is 0. The lowest BCUT2D eigenvalue weighted by Crippen LogP contribution is -2.29. The Bertz CT molecular complexity index is 765. The third-order valence-corrected chi connectivity index (χ3v) is 3.67. The number of nitrogens with zero attached hydrogens (tertiary/aromatic N) is 1. The molecule has 1 aliphatic heterocycles. The Morgan fingerprint density at radius 1 is 1.00 bits per heavy atom. The number of amides is 1. The zero-order valence-electron chi connectivity index (χ0n) is 11.3. The summed E-state index contributed by atoms with van der Waals surface area (Å²) in [5.74, 6) is 0.0556. The smallest absolute Gasteiger partial charge is 0.276 e. The summed E-state index contributed by atoms with van der Waals surface area (Å²) in [6.45, 7) is 0. The van der Waals surface area contributed by atoms with Gasteiger partial charge in [0.2, 0.25) is 5.96 Å². The van der Waals surface area contributed by atoms with Crippen molar-refractivity contribution < 1.29 is 4.79 Å². The largest absolute Gasteiger partial charge is 0.326 e. The Kier molecular flexibility index (Phi) is 4.13. The SMILES string of the molecule is O=C1NC(Nc2ccccc2)=N/C1=C/c1c(Cl)cccc1Cl. The van der Waals surface area contributed by atoms with Crippen LogP contribution >= 0.6 is 23.2 Å². The minimum atomic E-state index is -0.311. The second-order valence-corrected chi connectivity index (χ2v) is 5.38. The Morgan fingerprint density at radius 2 is 1.68 bits per heavy atom. The number of rotatable bonds is 2. The van der Waals surface area contributed by atoms with Crippen molar-refractivity contribution in [3.63, 3.8) is 0 Å². The van der Waals surface area contributed by atoms with Crippen LogP contribution in [0.5, 0.6) is 0 Å². The van der Waals surface area contributed by atoms with E-state index in [-0.39, 0.29) is 11.6 Å². The molecule has 0 radical (unpaired) electrons. The predicted octanol–water partition coefficient (Wildman–Crippen LogP) is 3.93. The van der Waals surface area contributed by atoms with E-state index in [2.05, 4.69) is 15.6 Å². The summed E-state index contributed by atoms with van der Waals surface area (Å²) in [6, 6.07) is 14.6. The van der Waals surface area contributed by atoms with E-state index in [4.69, 9.17) is 23.2 Å². The molecule has 0 saturated heterocycles. The van der Waals surface area contributed by atoms with Crippen molar-refractivity contribution in [1.82, 2.24) is 5.32 Å². The molecule has 0 spiro atoms. The zero-order valence-corrected chi connectivity index (χ0v) is 12.8. The van der Waals surface area contributed by atoms with Gasteiger partial charge in [-0.1, -0.05) is 47.5 Å². The first-order chi connectivity index (χ1) is 10.6. The lowest BCUT2D eigenvalue weighted by Gasteiger charge is -2.03. The van der Waals surface area contributed by atoms with Gasteiger partial charge in [0.1, 0.15) is 5.70 Å². The summed E-state index contributed by atoms with van der Waals surface area (Å²) in [5, 5.41) is 6.62. The van der Waals surface area contributed by atoms with E-state index >= 15 is 0 Å². The van der Waals surface area contributed by atoms with Gasteiger partial charge in [-0.3, -0.25) is 10.1 Å². The number of benzene rings is 2. The van der Waals surface area contributed by atoms with Crippen LogP contribution in [0.15, 0.2) is 59.2 Å². The van der Waals surface area contributed by atoms with Gasteiger partial charge in [0.25, 0.3) is 5.91 Å². The summed E-state index contributed by atoms with van der Waals surface area (Å²) in [4.78, 5) is 16.2. The number of carbonyl (C=O) groups is 1. The monoisotopic (exact) mass is 331 g/mol. The number of aliphatic imine (C=N–C) groups is 1. The molecule has 0 fully saturated rings.